The molecule has 16 heteroatoms. The van der Waals surface area contributed by atoms with Crippen LogP contribution in [0.3, 0.4) is 0 Å². The number of nitrogens with zero attached hydrogens (tertiary/aromatic N) is 2. The average Bonchev–Trinajstić information content (AvgIpc) is 2.75. The van der Waals surface area contributed by atoms with Gasteiger partial charge in [-0.3, -0.25) is 13.8 Å². The second-order valence-corrected chi connectivity index (χ2v) is 11.7. The van der Waals surface area contributed by atoms with Gasteiger partial charge in [0.05, 0.1) is 22.2 Å². The fraction of sp³-hybridized carbons (Fsp3) is 0.250. The van der Waals surface area contributed by atoms with Crippen molar-refractivity contribution in [3.05, 3.63) is 40.4 Å². The summed E-state index contributed by atoms with van der Waals surface area (Å²) in [5.41, 5.74) is -1.19. The lowest BCUT2D eigenvalue weighted by atomic mass is 10.1. The lowest BCUT2D eigenvalue weighted by Crippen LogP contribution is -2.50. The highest BCUT2D eigenvalue weighted by molar-refractivity contribution is 7.90. The van der Waals surface area contributed by atoms with Gasteiger partial charge in [-0.2, -0.15) is 10.1 Å². The fourth-order valence-electron chi connectivity index (χ4n) is 3.30. The molecule has 1 fully saturated rings. The molecule has 0 bridgehead atoms. The average molecular weight is 582 g/mol. The number of anilines is 1. The standard InChI is InChI=1S/C20H15Cl2F2N3O7S2/c21-12-3-10(27-17(30)6-15(29)18(25-27)20(23)24)4-13(22)19(12)34-11-1-2-14(28)16(5-11)36(32,33)26-9-7-35(31)8-9/h1-5,9,20,26,28H,6-8H2. The van der Waals surface area contributed by atoms with Crippen LogP contribution >= 0.6 is 23.2 Å². The lowest BCUT2D eigenvalue weighted by molar-refractivity contribution is -0.124. The Bertz CT molecular complexity index is 1410. The number of hydrazone groups is 1. The molecule has 0 radical (unpaired) electrons. The number of amides is 1. The SMILES string of the molecule is O=C1CC(=O)N(c2cc(Cl)c(Oc3ccc(O)c(S(=O)(=O)NC4CS(=O)C4)c3)c(Cl)c2)N=C1C(F)F. The van der Waals surface area contributed by atoms with E-state index in [0.717, 1.165) is 24.3 Å². The van der Waals surface area contributed by atoms with Crippen molar-refractivity contribution >= 4 is 67.1 Å². The largest absolute Gasteiger partial charge is 0.507 e. The van der Waals surface area contributed by atoms with Crippen LogP contribution in [0.25, 0.3) is 0 Å². The van der Waals surface area contributed by atoms with E-state index in [1.807, 2.05) is 0 Å². The number of rotatable bonds is 7. The highest BCUT2D eigenvalue weighted by atomic mass is 35.5. The molecule has 1 saturated heterocycles. The fourth-order valence-corrected chi connectivity index (χ4v) is 6.37. The van der Waals surface area contributed by atoms with E-state index in [9.17, 15) is 36.1 Å². The number of ether oxygens (including phenoxy) is 1. The van der Waals surface area contributed by atoms with Crippen LogP contribution in [0.5, 0.6) is 17.2 Å². The summed E-state index contributed by atoms with van der Waals surface area (Å²) in [6, 6.07) is 5.08. The van der Waals surface area contributed by atoms with Crippen molar-refractivity contribution in [2.75, 3.05) is 16.5 Å². The number of sulfonamides is 1. The number of hydrogen-bond acceptors (Lipinski definition) is 8. The van der Waals surface area contributed by atoms with Crippen LogP contribution in [-0.2, 0) is 30.4 Å². The number of Topliss-reactive ketones (excluding diaryl/α,β-unsaturated/α-hetero) is 1. The number of carbonyl (C=O) groups excluding carboxylic acids is 2. The Morgan fingerprint density at radius 1 is 1.17 bits per heavy atom. The Morgan fingerprint density at radius 3 is 2.39 bits per heavy atom. The molecule has 2 aliphatic rings. The maximum atomic E-state index is 13.1. The van der Waals surface area contributed by atoms with Crippen LogP contribution in [0.4, 0.5) is 14.5 Å². The summed E-state index contributed by atoms with van der Waals surface area (Å²) in [5.74, 6) is -2.47. The van der Waals surface area contributed by atoms with E-state index in [4.69, 9.17) is 27.9 Å². The van der Waals surface area contributed by atoms with Gasteiger partial charge in [0.25, 0.3) is 12.3 Å². The van der Waals surface area contributed by atoms with Gasteiger partial charge in [0, 0.05) is 34.4 Å². The van der Waals surface area contributed by atoms with Gasteiger partial charge in [0.1, 0.15) is 16.4 Å². The molecular weight excluding hydrogens is 567 g/mol. The van der Waals surface area contributed by atoms with Crippen molar-refractivity contribution in [1.82, 2.24) is 4.72 Å². The normalized spacial score (nSPS) is 20.4. The smallest absolute Gasteiger partial charge is 0.285 e. The van der Waals surface area contributed by atoms with E-state index in [0.29, 0.717) is 5.01 Å². The van der Waals surface area contributed by atoms with Gasteiger partial charge >= 0.3 is 0 Å². The van der Waals surface area contributed by atoms with Gasteiger partial charge < -0.3 is 9.84 Å². The minimum absolute atomic E-state index is 0.0837. The maximum absolute atomic E-state index is 13.1. The molecule has 2 aromatic carbocycles. The Balaban J connectivity index is 1.62. The zero-order chi connectivity index (χ0) is 26.4. The first-order valence-electron chi connectivity index (χ1n) is 9.95. The highest BCUT2D eigenvalue weighted by Gasteiger charge is 2.34. The van der Waals surface area contributed by atoms with Gasteiger partial charge in [0.15, 0.2) is 17.2 Å². The highest BCUT2D eigenvalue weighted by Crippen LogP contribution is 2.41. The molecule has 0 spiro atoms. The Morgan fingerprint density at radius 2 is 1.81 bits per heavy atom. The van der Waals surface area contributed by atoms with E-state index < -0.39 is 67.8 Å². The van der Waals surface area contributed by atoms with Crippen LogP contribution in [0.15, 0.2) is 40.3 Å². The molecule has 4 rings (SSSR count). The number of ketones is 1. The molecule has 0 saturated carbocycles. The van der Waals surface area contributed by atoms with Crippen LogP contribution < -0.4 is 14.5 Å². The molecule has 2 aliphatic heterocycles. The molecule has 10 nitrogen and oxygen atoms in total. The Hall–Kier alpha value is -2.65. The van der Waals surface area contributed by atoms with Crippen molar-refractivity contribution < 1.29 is 40.8 Å². The quantitative estimate of drug-likeness (QED) is 0.478. The second kappa shape index (κ2) is 10.0. The summed E-state index contributed by atoms with van der Waals surface area (Å²) in [5, 5.41) is 13.7. The molecule has 1 amide bonds. The van der Waals surface area contributed by atoms with Crippen molar-refractivity contribution in [2.24, 2.45) is 5.10 Å². The van der Waals surface area contributed by atoms with Crippen molar-refractivity contribution in [2.45, 2.75) is 23.8 Å². The Kier molecular flexibility index (Phi) is 7.35. The van der Waals surface area contributed by atoms with Gasteiger partial charge in [-0.25, -0.2) is 21.9 Å². The van der Waals surface area contributed by atoms with E-state index in [2.05, 4.69) is 9.82 Å². The monoisotopic (exact) mass is 581 g/mol. The van der Waals surface area contributed by atoms with Crippen molar-refractivity contribution in [3.63, 3.8) is 0 Å². The number of nitrogens with one attached hydrogen (secondary N) is 1. The van der Waals surface area contributed by atoms with Crippen LogP contribution in [0, 0.1) is 0 Å². The van der Waals surface area contributed by atoms with E-state index in [1.165, 1.54) is 6.07 Å². The number of hydrogen-bond donors (Lipinski definition) is 2. The van der Waals surface area contributed by atoms with E-state index >= 15 is 0 Å². The predicted molar refractivity (Wildman–Crippen MR) is 127 cm³/mol. The van der Waals surface area contributed by atoms with Crippen LogP contribution in [-0.4, -0.2) is 59.1 Å². The molecule has 36 heavy (non-hydrogen) atoms. The number of alkyl halides is 2. The summed E-state index contributed by atoms with van der Waals surface area (Å²) in [6.07, 6.45) is -4.01. The number of carbonyl (C=O) groups is 2. The molecule has 2 heterocycles. The third kappa shape index (κ3) is 5.37. The van der Waals surface area contributed by atoms with E-state index in [-0.39, 0.29) is 38.7 Å². The summed E-state index contributed by atoms with van der Waals surface area (Å²) in [4.78, 5) is 23.3. The molecular formula is C20H15Cl2F2N3O7S2. The molecule has 0 atom stereocenters. The number of phenols is 1. The third-order valence-electron chi connectivity index (χ3n) is 5.01. The number of halogens is 4. The Labute approximate surface area is 215 Å². The lowest BCUT2D eigenvalue weighted by Gasteiger charge is -2.25. The predicted octanol–water partition coefficient (Wildman–Crippen LogP) is 2.83. The van der Waals surface area contributed by atoms with Gasteiger partial charge in [0.2, 0.25) is 10.0 Å². The summed E-state index contributed by atoms with van der Waals surface area (Å²) >= 11 is 12.5. The van der Waals surface area contributed by atoms with Gasteiger partial charge in [-0.15, -0.1) is 0 Å². The van der Waals surface area contributed by atoms with Crippen LogP contribution in [0.1, 0.15) is 6.42 Å². The molecule has 0 aromatic heterocycles. The third-order valence-corrected chi connectivity index (χ3v) is 8.67. The van der Waals surface area contributed by atoms with Gasteiger partial charge in [-0.1, -0.05) is 23.2 Å². The first-order valence-corrected chi connectivity index (χ1v) is 13.7. The van der Waals surface area contributed by atoms with Crippen molar-refractivity contribution in [3.8, 4) is 17.2 Å². The number of benzene rings is 2. The topological polar surface area (TPSA) is 142 Å². The summed E-state index contributed by atoms with van der Waals surface area (Å²) in [7, 11) is -5.28. The van der Waals surface area contributed by atoms with Crippen molar-refractivity contribution in [1.29, 1.82) is 0 Å². The second-order valence-electron chi connectivity index (χ2n) is 7.65. The first kappa shape index (κ1) is 26.4. The number of phenolic OH excluding ortho intramolecular Hbond substituents is 1. The first-order chi connectivity index (χ1) is 16.9. The minimum Gasteiger partial charge on any atom is -0.507 e. The summed E-state index contributed by atoms with van der Waals surface area (Å²) in [6.45, 7) is 0. The summed E-state index contributed by atoms with van der Waals surface area (Å²) < 4.78 is 70.6. The zero-order valence-electron chi connectivity index (χ0n) is 17.8. The van der Waals surface area contributed by atoms with Gasteiger partial charge in [-0.05, 0) is 24.3 Å². The number of aromatic hydroxyl groups is 1. The molecule has 0 aliphatic carbocycles. The van der Waals surface area contributed by atoms with E-state index in [1.54, 1.807) is 0 Å². The zero-order valence-corrected chi connectivity index (χ0v) is 20.9. The maximum Gasteiger partial charge on any atom is 0.285 e. The molecule has 192 valence electrons. The minimum atomic E-state index is -4.18. The molecule has 0 unspecified atom stereocenters. The molecule has 2 aromatic rings. The van der Waals surface area contributed by atoms with Crippen LogP contribution in [0.2, 0.25) is 10.0 Å². The molecule has 2 N–H and O–H groups in total.